The average Bonchev–Trinajstić information content (AvgIpc) is 2.33. The maximum absolute atomic E-state index is 13.7. The van der Waals surface area contributed by atoms with Crippen LogP contribution in [0.15, 0.2) is 0 Å². The predicted octanol–water partition coefficient (Wildman–Crippen LogP) is 4.52. The fourth-order valence-corrected chi connectivity index (χ4v) is 3.26. The lowest BCUT2D eigenvalue weighted by atomic mass is 9.97. The van der Waals surface area contributed by atoms with Crippen LogP contribution in [0.3, 0.4) is 0 Å². The molecule has 0 spiro atoms. The van der Waals surface area contributed by atoms with Gasteiger partial charge in [0.25, 0.3) is 0 Å². The van der Waals surface area contributed by atoms with E-state index in [9.17, 15) is 56.7 Å². The number of hydrogen-bond donors (Lipinski definition) is 0. The third kappa shape index (κ3) is 2.44. The van der Waals surface area contributed by atoms with Crippen molar-refractivity contribution in [2.75, 3.05) is 0 Å². The summed E-state index contributed by atoms with van der Waals surface area (Å²) in [6, 6.07) is 0. The molecule has 0 bridgehead atoms. The van der Waals surface area contributed by atoms with Gasteiger partial charge in [-0.3, -0.25) is 0 Å². The van der Waals surface area contributed by atoms with E-state index in [4.69, 9.17) is 0 Å². The van der Waals surface area contributed by atoms with E-state index in [1.165, 1.54) is 0 Å². The maximum atomic E-state index is 13.7. The molecular weight excluding hydrogens is 479 g/mol. The molecule has 1 fully saturated rings. The summed E-state index contributed by atoms with van der Waals surface area (Å²) in [5, 5.41) is -25.9. The maximum Gasteiger partial charge on any atom is 0.426 e. The van der Waals surface area contributed by atoms with Gasteiger partial charge in [-0.05, 0) is 11.6 Å². The number of halogens is 14. The molecule has 3 atom stereocenters. The SMILES string of the molecule is O=S1(=O)OC(F)(F)C1(F)C(F)(F)C(F)(Cl)C(F)(F)C(F)(Cl)C(F)(F)Cl. The van der Waals surface area contributed by atoms with Crippen LogP contribution in [0.1, 0.15) is 0 Å². The van der Waals surface area contributed by atoms with Gasteiger partial charge in [-0.1, -0.05) is 23.2 Å². The largest absolute Gasteiger partial charge is 0.426 e. The average molecular weight is 479 g/mol. The van der Waals surface area contributed by atoms with Crippen molar-refractivity contribution < 1.29 is 60.9 Å². The van der Waals surface area contributed by atoms with Crippen molar-refractivity contribution in [1.29, 1.82) is 0 Å². The first kappa shape index (κ1) is 23.0. The molecule has 25 heavy (non-hydrogen) atoms. The van der Waals surface area contributed by atoms with Gasteiger partial charge in [-0.15, -0.1) is 0 Å². The van der Waals surface area contributed by atoms with Gasteiger partial charge in [0.15, 0.2) is 0 Å². The van der Waals surface area contributed by atoms with Gasteiger partial charge in [-0.25, -0.2) is 13.2 Å². The molecule has 1 rings (SSSR count). The smallest absolute Gasteiger partial charge is 0.212 e. The lowest BCUT2D eigenvalue weighted by molar-refractivity contribution is -0.364. The van der Waals surface area contributed by atoms with Crippen molar-refractivity contribution in [3.63, 3.8) is 0 Å². The summed E-state index contributed by atoms with van der Waals surface area (Å²) in [5.74, 6) is -14.4. The summed E-state index contributed by atoms with van der Waals surface area (Å²) in [6.45, 7) is 0. The van der Waals surface area contributed by atoms with Gasteiger partial charge in [0.2, 0.25) is 0 Å². The molecule has 0 aliphatic carbocycles. The van der Waals surface area contributed by atoms with Gasteiger partial charge in [0, 0.05) is 0 Å². The zero-order chi connectivity index (χ0) is 20.7. The molecule has 150 valence electrons. The van der Waals surface area contributed by atoms with Crippen LogP contribution in [0.2, 0.25) is 0 Å². The van der Waals surface area contributed by atoms with Crippen LogP contribution in [0, 0.1) is 0 Å². The highest BCUT2D eigenvalue weighted by atomic mass is 35.5. The van der Waals surface area contributed by atoms with E-state index >= 15 is 0 Å². The van der Waals surface area contributed by atoms with Crippen LogP contribution >= 0.6 is 34.8 Å². The number of alkyl halides is 14. The fraction of sp³-hybridized carbons (Fsp3) is 1.00. The van der Waals surface area contributed by atoms with E-state index in [1.54, 1.807) is 0 Å². The van der Waals surface area contributed by atoms with Crippen LogP contribution in [-0.2, 0) is 14.3 Å². The summed E-state index contributed by atoms with van der Waals surface area (Å²) in [6.07, 6.45) is -6.17. The van der Waals surface area contributed by atoms with Crippen molar-refractivity contribution in [3.05, 3.63) is 0 Å². The Morgan fingerprint density at radius 3 is 1.36 bits per heavy atom. The molecule has 0 aromatic heterocycles. The van der Waals surface area contributed by atoms with Crippen LogP contribution < -0.4 is 0 Å². The Morgan fingerprint density at radius 2 is 1.12 bits per heavy atom. The Kier molecular flexibility index (Phi) is 4.88. The topological polar surface area (TPSA) is 43.4 Å². The number of hydrogen-bond acceptors (Lipinski definition) is 3. The van der Waals surface area contributed by atoms with E-state index in [0.29, 0.717) is 0 Å². The molecule has 1 aliphatic heterocycles. The lowest BCUT2D eigenvalue weighted by Gasteiger charge is -2.48. The van der Waals surface area contributed by atoms with Crippen LogP contribution in [0.4, 0.5) is 48.3 Å². The Labute approximate surface area is 145 Å². The molecule has 18 heteroatoms. The summed E-state index contributed by atoms with van der Waals surface area (Å²) in [4.78, 5) is 0. The van der Waals surface area contributed by atoms with E-state index < -0.39 is 48.7 Å². The van der Waals surface area contributed by atoms with Crippen LogP contribution in [0.25, 0.3) is 0 Å². The minimum Gasteiger partial charge on any atom is -0.212 e. The Balaban J connectivity index is 3.67. The zero-order valence-corrected chi connectivity index (χ0v) is 13.5. The van der Waals surface area contributed by atoms with Crippen molar-refractivity contribution in [1.82, 2.24) is 0 Å². The van der Waals surface area contributed by atoms with Crippen molar-refractivity contribution >= 4 is 44.9 Å². The summed E-state index contributed by atoms with van der Waals surface area (Å²) < 4.78 is 169. The van der Waals surface area contributed by atoms with Gasteiger partial charge >= 0.3 is 48.7 Å². The van der Waals surface area contributed by atoms with E-state index in [0.717, 1.165) is 0 Å². The van der Waals surface area contributed by atoms with Crippen molar-refractivity contribution in [3.8, 4) is 0 Å². The summed E-state index contributed by atoms with van der Waals surface area (Å²) in [7, 11) is -6.82. The third-order valence-corrected chi connectivity index (χ3v) is 5.79. The molecule has 1 heterocycles. The molecule has 3 unspecified atom stereocenters. The first-order valence-electron chi connectivity index (χ1n) is 5.05. The monoisotopic (exact) mass is 478 g/mol. The molecule has 0 N–H and O–H groups in total. The zero-order valence-electron chi connectivity index (χ0n) is 10.4. The van der Waals surface area contributed by atoms with Crippen molar-refractivity contribution in [2.45, 2.75) is 38.6 Å². The van der Waals surface area contributed by atoms with E-state index in [2.05, 4.69) is 39.0 Å². The standard InChI is InChI=1S/C7Cl3F11O3S/c8-1(11,3(13,14)2(9,12)6(10,18)19)4(15,16)5(17)7(20,21)24-25(5,22)23. The molecular formula is C7Cl3F11O3S. The second kappa shape index (κ2) is 5.29. The minimum atomic E-state index is -7.29. The van der Waals surface area contributed by atoms with Crippen LogP contribution in [0.5, 0.6) is 0 Å². The van der Waals surface area contributed by atoms with Crippen LogP contribution in [-0.4, -0.2) is 47.0 Å². The molecule has 0 amide bonds. The highest BCUT2D eigenvalue weighted by Crippen LogP contribution is 2.67. The Bertz CT molecular complexity index is 673. The molecule has 1 aliphatic rings. The van der Waals surface area contributed by atoms with Gasteiger partial charge in [0.05, 0.1) is 0 Å². The summed E-state index contributed by atoms with van der Waals surface area (Å²) in [5.41, 5.74) is 0. The Morgan fingerprint density at radius 1 is 0.760 bits per heavy atom. The second-order valence-electron chi connectivity index (χ2n) is 4.44. The first-order chi connectivity index (χ1) is 10.5. The molecule has 0 aromatic rings. The van der Waals surface area contributed by atoms with Gasteiger partial charge in [-0.2, -0.15) is 47.7 Å². The third-order valence-electron chi connectivity index (χ3n) is 2.88. The lowest BCUT2D eigenvalue weighted by Crippen LogP contribution is -2.80. The quantitative estimate of drug-likeness (QED) is 0.331. The first-order valence-corrected chi connectivity index (χ1v) is 7.60. The Hall–Kier alpha value is 0.01000. The molecule has 0 radical (unpaired) electrons. The normalized spacial score (nSPS) is 31.6. The molecule has 1 saturated heterocycles. The number of rotatable bonds is 5. The minimum absolute atomic E-state index is 2.39. The molecule has 0 aromatic carbocycles. The van der Waals surface area contributed by atoms with Gasteiger partial charge < -0.3 is 0 Å². The fourth-order valence-electron chi connectivity index (χ4n) is 1.47. The predicted molar refractivity (Wildman–Crippen MR) is 58.9 cm³/mol. The highest BCUT2D eigenvalue weighted by Gasteiger charge is 2.98. The van der Waals surface area contributed by atoms with Gasteiger partial charge in [0.1, 0.15) is 0 Å². The summed E-state index contributed by atoms with van der Waals surface area (Å²) >= 11 is 11.6. The highest BCUT2D eigenvalue weighted by molar-refractivity contribution is 7.89. The second-order valence-corrected chi connectivity index (χ2v) is 7.60. The molecule has 0 saturated carbocycles. The van der Waals surface area contributed by atoms with Crippen molar-refractivity contribution in [2.24, 2.45) is 0 Å². The van der Waals surface area contributed by atoms with E-state index in [-0.39, 0.29) is 0 Å². The molecule has 3 nitrogen and oxygen atoms in total. The van der Waals surface area contributed by atoms with E-state index in [1.807, 2.05) is 0 Å².